The molecule has 0 aliphatic rings. The minimum atomic E-state index is -5.12. The molecule has 2 atom stereocenters. The monoisotopic (exact) mass is 481 g/mol. The molecular weight excluding hydrogens is 446 g/mol. The zero-order valence-electron chi connectivity index (χ0n) is 18.4. The normalized spacial score (nSPS) is 13.3. The van der Waals surface area contributed by atoms with Crippen LogP contribution in [0.3, 0.4) is 0 Å². The van der Waals surface area contributed by atoms with Crippen LogP contribution in [0.25, 0.3) is 0 Å². The second-order valence-electron chi connectivity index (χ2n) is 7.77. The van der Waals surface area contributed by atoms with Gasteiger partial charge in [0.1, 0.15) is 6.04 Å². The van der Waals surface area contributed by atoms with Crippen molar-refractivity contribution in [3.05, 3.63) is 0 Å². The van der Waals surface area contributed by atoms with Gasteiger partial charge < -0.3 is 20.2 Å². The van der Waals surface area contributed by atoms with Gasteiger partial charge in [0.25, 0.3) is 10.1 Å². The third-order valence-corrected chi connectivity index (χ3v) is 6.18. The molecule has 0 aliphatic heterocycles. The molecule has 0 aromatic heterocycles. The third kappa shape index (κ3) is 12.6. The van der Waals surface area contributed by atoms with Gasteiger partial charge in [-0.3, -0.25) is 18.9 Å². The first-order valence-corrected chi connectivity index (χ1v) is 12.3. The Morgan fingerprint density at radius 2 is 1.22 bits per heavy atom. The minimum Gasteiger partial charge on any atom is -0.481 e. The maximum Gasteiger partial charge on any atom is 0.327 e. The van der Waals surface area contributed by atoms with Crippen LogP contribution in [0.1, 0.15) is 84.0 Å². The van der Waals surface area contributed by atoms with Crippen LogP contribution in [-0.4, -0.2) is 74.8 Å². The lowest BCUT2D eigenvalue weighted by molar-refractivity contribution is -0.155. The van der Waals surface area contributed by atoms with E-state index in [1.54, 1.807) is 0 Å². The van der Waals surface area contributed by atoms with E-state index in [1.165, 1.54) is 25.7 Å². The molecule has 0 radical (unpaired) electrons. The van der Waals surface area contributed by atoms with Crippen molar-refractivity contribution in [2.75, 3.05) is 6.54 Å². The van der Waals surface area contributed by atoms with Gasteiger partial charge >= 0.3 is 17.9 Å². The summed E-state index contributed by atoms with van der Waals surface area (Å²) in [6, 6.07) is -1.78. The summed E-state index contributed by atoms with van der Waals surface area (Å²) in [7, 11) is -5.12. The number of carboxylic acid groups (broad SMARTS) is 3. The summed E-state index contributed by atoms with van der Waals surface area (Å²) in [6.07, 6.45) is 7.58. The van der Waals surface area contributed by atoms with Crippen molar-refractivity contribution >= 4 is 33.9 Å². The highest BCUT2D eigenvalue weighted by atomic mass is 32.2. The Morgan fingerprint density at radius 3 is 1.59 bits per heavy atom. The van der Waals surface area contributed by atoms with Crippen LogP contribution in [0.4, 0.5) is 0 Å². The molecule has 0 rings (SSSR count). The molecule has 186 valence electrons. The van der Waals surface area contributed by atoms with Gasteiger partial charge in [-0.15, -0.1) is 0 Å². The van der Waals surface area contributed by atoms with Gasteiger partial charge in [-0.05, 0) is 6.42 Å². The fourth-order valence-electron chi connectivity index (χ4n) is 3.32. The number of unbranched alkanes of at least 4 members (excludes halogenated alkanes) is 9. The lowest BCUT2D eigenvalue weighted by Gasteiger charge is -2.29. The van der Waals surface area contributed by atoms with E-state index < -0.39 is 58.1 Å². The number of aliphatic carboxylic acids is 3. The Balaban J connectivity index is 4.99. The summed E-state index contributed by atoms with van der Waals surface area (Å²) in [5.74, 6) is -6.22. The van der Waals surface area contributed by atoms with E-state index in [0.717, 1.165) is 25.7 Å². The van der Waals surface area contributed by atoms with Gasteiger partial charge in [0.2, 0.25) is 5.91 Å². The van der Waals surface area contributed by atoms with Crippen molar-refractivity contribution < 1.29 is 47.5 Å². The average Bonchev–Trinajstić information content (AvgIpc) is 2.67. The predicted octanol–water partition coefficient (Wildman–Crippen LogP) is 2.39. The number of hydrogen-bond donors (Lipinski definition) is 4. The number of carboxylic acids is 3. The van der Waals surface area contributed by atoms with Gasteiger partial charge in [-0.1, -0.05) is 64.7 Å². The van der Waals surface area contributed by atoms with Gasteiger partial charge in [-0.2, -0.15) is 8.42 Å². The van der Waals surface area contributed by atoms with Crippen molar-refractivity contribution in [1.29, 1.82) is 0 Å². The van der Waals surface area contributed by atoms with Crippen molar-refractivity contribution in [3.63, 3.8) is 0 Å². The Kier molecular flexibility index (Phi) is 14.5. The molecule has 0 aromatic rings. The zero-order chi connectivity index (χ0) is 24.7. The summed E-state index contributed by atoms with van der Waals surface area (Å²) >= 11 is 0. The Bertz CT molecular complexity index is 722. The van der Waals surface area contributed by atoms with Crippen molar-refractivity contribution in [1.82, 2.24) is 4.90 Å². The van der Waals surface area contributed by atoms with Crippen LogP contribution in [0.15, 0.2) is 0 Å². The lowest BCUT2D eigenvalue weighted by atomic mass is 10.1. The van der Waals surface area contributed by atoms with Crippen LogP contribution >= 0.6 is 0 Å². The van der Waals surface area contributed by atoms with Crippen LogP contribution in [0.5, 0.6) is 0 Å². The summed E-state index contributed by atoms with van der Waals surface area (Å²) in [5.41, 5.74) is 0. The van der Waals surface area contributed by atoms with Crippen molar-refractivity contribution in [2.45, 2.75) is 95.3 Å². The maximum absolute atomic E-state index is 12.6. The van der Waals surface area contributed by atoms with E-state index in [1.807, 2.05) is 0 Å². The molecule has 0 spiro atoms. The molecule has 11 nitrogen and oxygen atoms in total. The highest BCUT2D eigenvalue weighted by Crippen LogP contribution is 2.16. The lowest BCUT2D eigenvalue weighted by Crippen LogP contribution is -2.48. The minimum absolute atomic E-state index is 0.169. The molecule has 0 fully saturated rings. The summed E-state index contributed by atoms with van der Waals surface area (Å²) in [5, 5.41) is 24.9. The second-order valence-corrected chi connectivity index (χ2v) is 9.37. The van der Waals surface area contributed by atoms with E-state index in [2.05, 4.69) is 6.92 Å². The quantitative estimate of drug-likeness (QED) is 0.157. The highest BCUT2D eigenvalue weighted by molar-refractivity contribution is 7.87. The van der Waals surface area contributed by atoms with Crippen molar-refractivity contribution in [3.8, 4) is 0 Å². The first-order chi connectivity index (χ1) is 14.9. The number of rotatable bonds is 19. The number of hydrogen-bond acceptors (Lipinski definition) is 6. The first-order valence-electron chi connectivity index (χ1n) is 10.8. The Morgan fingerprint density at radius 1 is 0.750 bits per heavy atom. The highest BCUT2D eigenvalue weighted by Gasteiger charge is 2.38. The van der Waals surface area contributed by atoms with E-state index in [0.29, 0.717) is 17.7 Å². The summed E-state index contributed by atoms with van der Waals surface area (Å²) in [6.45, 7) is 1.97. The molecule has 0 bridgehead atoms. The van der Waals surface area contributed by atoms with Crippen LogP contribution in [0.2, 0.25) is 0 Å². The molecular formula is C20H35NO10S. The molecule has 4 N–H and O–H groups in total. The number of carbonyl (C=O) groups excluding carboxylic acids is 1. The maximum atomic E-state index is 12.6. The fourth-order valence-corrected chi connectivity index (χ4v) is 3.92. The van der Waals surface area contributed by atoms with Crippen LogP contribution in [-0.2, 0) is 29.3 Å². The average molecular weight is 482 g/mol. The summed E-state index contributed by atoms with van der Waals surface area (Å²) < 4.78 is 31.5. The SMILES string of the molecule is CCCCCCCCCCCCN(C(=O)CC(C(=O)O)S(=O)(=O)O)C(CC(=O)O)C(=O)O. The standard InChI is InChI=1S/C20H35NO10S/c1-2-3-4-5-6-7-8-9-10-11-12-21(15(19(25)26)13-18(23)24)17(22)14-16(20(27)28)32(29,30)31/h15-16H,2-14H2,1H3,(H,23,24)(H,25,26)(H,27,28)(H,29,30,31). The third-order valence-electron chi connectivity index (χ3n) is 5.10. The van der Waals surface area contributed by atoms with Crippen molar-refractivity contribution in [2.24, 2.45) is 0 Å². The second kappa shape index (κ2) is 15.6. The molecule has 12 heteroatoms. The molecule has 0 saturated heterocycles. The first kappa shape index (κ1) is 29.8. The molecule has 32 heavy (non-hydrogen) atoms. The molecule has 0 aromatic carbocycles. The Labute approximate surface area is 188 Å². The smallest absolute Gasteiger partial charge is 0.327 e. The van der Waals surface area contributed by atoms with Gasteiger partial charge in [0.15, 0.2) is 5.25 Å². The Hall–Kier alpha value is -2.21. The topological polar surface area (TPSA) is 187 Å². The van der Waals surface area contributed by atoms with Crippen LogP contribution in [0, 0.1) is 0 Å². The molecule has 0 aliphatic carbocycles. The molecule has 0 saturated carbocycles. The van der Waals surface area contributed by atoms with Crippen LogP contribution < -0.4 is 0 Å². The predicted molar refractivity (Wildman–Crippen MR) is 115 cm³/mol. The van der Waals surface area contributed by atoms with E-state index >= 15 is 0 Å². The molecule has 1 amide bonds. The number of amides is 1. The fraction of sp³-hybridized carbons (Fsp3) is 0.800. The number of carbonyl (C=O) groups is 4. The number of nitrogens with zero attached hydrogens (tertiary/aromatic N) is 1. The summed E-state index contributed by atoms with van der Waals surface area (Å²) in [4.78, 5) is 46.9. The van der Waals surface area contributed by atoms with Gasteiger partial charge in [-0.25, -0.2) is 4.79 Å². The van der Waals surface area contributed by atoms with E-state index in [9.17, 15) is 32.7 Å². The van der Waals surface area contributed by atoms with E-state index in [4.69, 9.17) is 14.8 Å². The van der Waals surface area contributed by atoms with E-state index in [-0.39, 0.29) is 6.54 Å². The largest absolute Gasteiger partial charge is 0.481 e. The van der Waals surface area contributed by atoms with Gasteiger partial charge in [0, 0.05) is 6.54 Å². The molecule has 2 unspecified atom stereocenters. The zero-order valence-corrected chi connectivity index (χ0v) is 19.3. The molecule has 0 heterocycles. The van der Waals surface area contributed by atoms with Gasteiger partial charge in [0.05, 0.1) is 12.8 Å².